The Labute approximate surface area is 105 Å². The Bertz CT molecular complexity index is 349. The molecule has 16 heavy (non-hydrogen) atoms. The van der Waals surface area contributed by atoms with Crippen molar-refractivity contribution in [3.05, 3.63) is 18.2 Å². The third-order valence-corrected chi connectivity index (χ3v) is 2.96. The van der Waals surface area contributed by atoms with Gasteiger partial charge >= 0.3 is 0 Å². The van der Waals surface area contributed by atoms with Crippen LogP contribution in [0.1, 0.15) is 30.8 Å². The lowest BCUT2D eigenvalue weighted by atomic mass is 10.1. The highest BCUT2D eigenvalue weighted by atomic mass is 79.9. The quantitative estimate of drug-likeness (QED) is 0.842. The van der Waals surface area contributed by atoms with Crippen LogP contribution in [0.2, 0.25) is 0 Å². The lowest BCUT2D eigenvalue weighted by Crippen LogP contribution is -2.31. The van der Waals surface area contributed by atoms with E-state index in [9.17, 15) is 4.79 Å². The van der Waals surface area contributed by atoms with Crippen molar-refractivity contribution in [3.63, 3.8) is 0 Å². The summed E-state index contributed by atoms with van der Waals surface area (Å²) in [6.45, 7) is 4.97. The van der Waals surface area contributed by atoms with Crippen molar-refractivity contribution in [1.29, 1.82) is 0 Å². The Balaban J connectivity index is 2.39. The van der Waals surface area contributed by atoms with Crippen LogP contribution >= 0.6 is 15.9 Å². The molecule has 1 aromatic heterocycles. The molecule has 1 N–H and O–H groups in total. The molecule has 1 heterocycles. The summed E-state index contributed by atoms with van der Waals surface area (Å²) >= 11 is 3.55. The highest BCUT2D eigenvalue weighted by Crippen LogP contribution is 2.11. The minimum Gasteiger partial charge on any atom is -0.350 e. The van der Waals surface area contributed by atoms with Crippen LogP contribution in [0.25, 0.3) is 0 Å². The van der Waals surface area contributed by atoms with Gasteiger partial charge in [0.25, 0.3) is 5.91 Å². The number of hydrogen-bond donors (Lipinski definition) is 1. The van der Waals surface area contributed by atoms with Crippen LogP contribution in [-0.2, 0) is 7.05 Å². The van der Waals surface area contributed by atoms with Crippen LogP contribution in [-0.4, -0.2) is 26.8 Å². The van der Waals surface area contributed by atoms with Gasteiger partial charge in [-0.3, -0.25) is 4.79 Å². The number of nitrogens with one attached hydrogen (secondary N) is 1. The molecule has 0 aromatic carbocycles. The van der Waals surface area contributed by atoms with Crippen molar-refractivity contribution in [3.8, 4) is 0 Å². The molecule has 90 valence electrons. The fourth-order valence-corrected chi connectivity index (χ4v) is 2.37. The second-order valence-corrected chi connectivity index (χ2v) is 5.62. The zero-order chi connectivity index (χ0) is 12.1. The summed E-state index contributed by atoms with van der Waals surface area (Å²) in [6.07, 6.45) is 4.24. The van der Waals surface area contributed by atoms with Crippen molar-refractivity contribution in [2.24, 2.45) is 13.0 Å². The first kappa shape index (κ1) is 13.2. The first-order chi connectivity index (χ1) is 7.50. The van der Waals surface area contributed by atoms with Crippen LogP contribution in [0.15, 0.2) is 12.5 Å². The molecule has 1 unspecified atom stereocenters. The summed E-state index contributed by atoms with van der Waals surface area (Å²) in [6, 6.07) is 0. The van der Waals surface area contributed by atoms with E-state index in [4.69, 9.17) is 0 Å². The zero-order valence-corrected chi connectivity index (χ0v) is 11.5. The molecule has 0 bridgehead atoms. The second-order valence-electron chi connectivity index (χ2n) is 4.33. The highest BCUT2D eigenvalue weighted by molar-refractivity contribution is 9.09. The molecular weight excluding hydrogens is 270 g/mol. The Morgan fingerprint density at radius 1 is 1.62 bits per heavy atom. The molecule has 0 aliphatic heterocycles. The standard InChI is InChI=1S/C11H18BrN3O/c1-8(2)4-9(12)5-14-11(16)10-6-13-7-15(10)3/h6-9H,4-5H2,1-3H3,(H,14,16). The normalized spacial score (nSPS) is 12.8. The molecule has 1 aromatic rings. The maximum atomic E-state index is 11.7. The van der Waals surface area contributed by atoms with E-state index in [0.29, 0.717) is 23.0 Å². The Hall–Kier alpha value is -0.840. The number of alkyl halides is 1. The van der Waals surface area contributed by atoms with Gasteiger partial charge in [-0.25, -0.2) is 4.98 Å². The number of imidazole rings is 1. The van der Waals surface area contributed by atoms with E-state index in [1.165, 1.54) is 0 Å². The van der Waals surface area contributed by atoms with E-state index in [1.807, 2.05) is 7.05 Å². The van der Waals surface area contributed by atoms with Crippen molar-refractivity contribution in [1.82, 2.24) is 14.9 Å². The average molecular weight is 288 g/mol. The Kier molecular flexibility index (Phi) is 4.99. The molecule has 0 spiro atoms. The first-order valence-corrected chi connectivity index (χ1v) is 6.31. The van der Waals surface area contributed by atoms with Gasteiger partial charge in [0, 0.05) is 18.4 Å². The van der Waals surface area contributed by atoms with Gasteiger partial charge in [-0.05, 0) is 12.3 Å². The molecule has 0 saturated heterocycles. The number of carbonyl (C=O) groups is 1. The number of amides is 1. The fourth-order valence-electron chi connectivity index (χ4n) is 1.46. The molecular formula is C11H18BrN3O. The predicted octanol–water partition coefficient (Wildman–Crippen LogP) is 1.96. The average Bonchev–Trinajstić information content (AvgIpc) is 2.60. The summed E-state index contributed by atoms with van der Waals surface area (Å²) in [5.74, 6) is 0.547. The number of aryl methyl sites for hydroxylation is 1. The SMILES string of the molecule is CC(C)CC(Br)CNC(=O)c1cncn1C. The summed E-state index contributed by atoms with van der Waals surface area (Å²) in [5.41, 5.74) is 0.587. The van der Waals surface area contributed by atoms with Crippen LogP contribution < -0.4 is 5.32 Å². The van der Waals surface area contributed by atoms with Crippen molar-refractivity contribution < 1.29 is 4.79 Å². The molecule has 1 atom stereocenters. The summed E-state index contributed by atoms with van der Waals surface area (Å²) < 4.78 is 1.71. The first-order valence-electron chi connectivity index (χ1n) is 5.39. The summed E-state index contributed by atoms with van der Waals surface area (Å²) in [4.78, 5) is 16.0. The Morgan fingerprint density at radius 2 is 2.31 bits per heavy atom. The number of hydrogen-bond acceptors (Lipinski definition) is 2. The van der Waals surface area contributed by atoms with Gasteiger partial charge < -0.3 is 9.88 Å². The third-order valence-electron chi connectivity index (χ3n) is 2.26. The monoisotopic (exact) mass is 287 g/mol. The van der Waals surface area contributed by atoms with E-state index < -0.39 is 0 Å². The lowest BCUT2D eigenvalue weighted by Gasteiger charge is -2.13. The van der Waals surface area contributed by atoms with Crippen molar-refractivity contribution >= 4 is 21.8 Å². The van der Waals surface area contributed by atoms with Crippen molar-refractivity contribution in [2.75, 3.05) is 6.54 Å². The van der Waals surface area contributed by atoms with E-state index in [1.54, 1.807) is 17.1 Å². The van der Waals surface area contributed by atoms with Gasteiger partial charge in [0.15, 0.2) is 0 Å². The molecule has 0 radical (unpaired) electrons. The van der Waals surface area contributed by atoms with Gasteiger partial charge in [0.1, 0.15) is 5.69 Å². The van der Waals surface area contributed by atoms with Crippen LogP contribution in [0.3, 0.4) is 0 Å². The molecule has 0 saturated carbocycles. The van der Waals surface area contributed by atoms with Crippen LogP contribution in [0.4, 0.5) is 0 Å². The molecule has 1 amide bonds. The van der Waals surface area contributed by atoms with Crippen molar-refractivity contribution in [2.45, 2.75) is 25.1 Å². The maximum absolute atomic E-state index is 11.7. The third kappa shape index (κ3) is 3.96. The zero-order valence-electron chi connectivity index (χ0n) is 9.90. The van der Waals surface area contributed by atoms with Gasteiger partial charge in [-0.15, -0.1) is 0 Å². The molecule has 1 rings (SSSR count). The van der Waals surface area contributed by atoms with E-state index in [0.717, 1.165) is 6.42 Å². The van der Waals surface area contributed by atoms with Gasteiger partial charge in [-0.1, -0.05) is 29.8 Å². The smallest absolute Gasteiger partial charge is 0.269 e. The highest BCUT2D eigenvalue weighted by Gasteiger charge is 2.12. The molecule has 0 aliphatic carbocycles. The number of halogens is 1. The lowest BCUT2D eigenvalue weighted by molar-refractivity contribution is 0.0945. The Morgan fingerprint density at radius 3 is 2.81 bits per heavy atom. The minimum absolute atomic E-state index is 0.0757. The number of aromatic nitrogens is 2. The van der Waals surface area contributed by atoms with E-state index in [-0.39, 0.29) is 5.91 Å². The fraction of sp³-hybridized carbons (Fsp3) is 0.636. The largest absolute Gasteiger partial charge is 0.350 e. The van der Waals surface area contributed by atoms with Gasteiger partial charge in [0.05, 0.1) is 12.5 Å². The second kappa shape index (κ2) is 6.03. The predicted molar refractivity (Wildman–Crippen MR) is 67.7 cm³/mol. The summed E-state index contributed by atoms with van der Waals surface area (Å²) in [7, 11) is 1.81. The van der Waals surface area contributed by atoms with Gasteiger partial charge in [0.2, 0.25) is 0 Å². The van der Waals surface area contributed by atoms with Crippen LogP contribution in [0.5, 0.6) is 0 Å². The molecule has 0 fully saturated rings. The number of rotatable bonds is 5. The van der Waals surface area contributed by atoms with Gasteiger partial charge in [-0.2, -0.15) is 0 Å². The van der Waals surface area contributed by atoms with E-state index in [2.05, 4.69) is 40.1 Å². The molecule has 0 aliphatic rings. The topological polar surface area (TPSA) is 46.9 Å². The number of carbonyl (C=O) groups excluding carboxylic acids is 1. The molecule has 4 nitrogen and oxygen atoms in total. The number of nitrogens with zero attached hydrogens (tertiary/aromatic N) is 2. The van der Waals surface area contributed by atoms with E-state index >= 15 is 0 Å². The molecule has 5 heteroatoms. The van der Waals surface area contributed by atoms with Crippen LogP contribution in [0, 0.1) is 5.92 Å². The minimum atomic E-state index is -0.0757. The maximum Gasteiger partial charge on any atom is 0.269 e. The summed E-state index contributed by atoms with van der Waals surface area (Å²) in [5, 5.41) is 2.88.